The van der Waals surface area contributed by atoms with E-state index in [0.29, 0.717) is 23.6 Å². The van der Waals surface area contributed by atoms with E-state index in [0.717, 1.165) is 32.5 Å². The van der Waals surface area contributed by atoms with Gasteiger partial charge in [0, 0.05) is 35.2 Å². The van der Waals surface area contributed by atoms with Crippen molar-refractivity contribution in [1.29, 1.82) is 0 Å². The summed E-state index contributed by atoms with van der Waals surface area (Å²) in [4.78, 5) is 26.5. The molecule has 2 aromatic rings. The second kappa shape index (κ2) is 8.42. The van der Waals surface area contributed by atoms with Crippen molar-refractivity contribution in [2.24, 2.45) is 0 Å². The fraction of sp³-hybridized carbons (Fsp3) is 0.421. The lowest BCUT2D eigenvalue weighted by atomic mass is 9.95. The molecule has 1 N–H and O–H groups in total. The van der Waals surface area contributed by atoms with Gasteiger partial charge in [-0.1, -0.05) is 6.07 Å². The molecule has 0 saturated carbocycles. The number of piperidine rings is 1. The molecule has 0 spiro atoms. The number of nitro benzene ring substituents is 1. The van der Waals surface area contributed by atoms with Crippen LogP contribution in [0.25, 0.3) is 0 Å². The van der Waals surface area contributed by atoms with Gasteiger partial charge in [-0.2, -0.15) is 0 Å². The molecule has 2 heterocycles. The van der Waals surface area contributed by atoms with Crippen molar-refractivity contribution in [3.05, 3.63) is 61.8 Å². The van der Waals surface area contributed by atoms with Crippen molar-refractivity contribution in [3.8, 4) is 0 Å². The Hall–Kier alpha value is -2.25. The van der Waals surface area contributed by atoms with Crippen LogP contribution in [-0.2, 0) is 0 Å². The van der Waals surface area contributed by atoms with E-state index in [1.54, 1.807) is 13.0 Å². The molecule has 1 aliphatic rings. The molecule has 7 heteroatoms. The van der Waals surface area contributed by atoms with Crippen molar-refractivity contribution in [1.82, 2.24) is 10.2 Å². The molecule has 0 aliphatic carbocycles. The Kier molecular flexibility index (Phi) is 6.00. The van der Waals surface area contributed by atoms with Crippen molar-refractivity contribution < 1.29 is 9.72 Å². The molecule has 1 amide bonds. The predicted octanol–water partition coefficient (Wildman–Crippen LogP) is 3.57. The third-order valence-corrected chi connectivity index (χ3v) is 5.94. The van der Waals surface area contributed by atoms with Gasteiger partial charge >= 0.3 is 0 Å². The predicted molar refractivity (Wildman–Crippen MR) is 103 cm³/mol. The Bertz CT molecular complexity index is 768. The van der Waals surface area contributed by atoms with Gasteiger partial charge in [0.25, 0.3) is 11.6 Å². The number of thiophene rings is 1. The average Bonchev–Trinajstić information content (AvgIpc) is 3.16. The minimum Gasteiger partial charge on any atom is -0.351 e. The number of nitrogens with zero attached hydrogens (tertiary/aromatic N) is 2. The lowest BCUT2D eigenvalue weighted by Gasteiger charge is -2.31. The average molecular weight is 373 g/mol. The zero-order chi connectivity index (χ0) is 18.5. The third kappa shape index (κ3) is 4.47. The van der Waals surface area contributed by atoms with E-state index in [4.69, 9.17) is 0 Å². The highest BCUT2D eigenvalue weighted by atomic mass is 32.1. The SMILES string of the molecule is Cc1cc(C(=O)NCCN2CCC(c3cccs3)CC2)ccc1[N+](=O)[O-]. The first-order chi connectivity index (χ1) is 12.5. The maximum Gasteiger partial charge on any atom is 0.272 e. The van der Waals surface area contributed by atoms with Crippen LogP contribution in [0, 0.1) is 17.0 Å². The van der Waals surface area contributed by atoms with Crippen LogP contribution < -0.4 is 5.32 Å². The number of carbonyl (C=O) groups excluding carboxylic acids is 1. The first-order valence-corrected chi connectivity index (χ1v) is 9.71. The van der Waals surface area contributed by atoms with Crippen LogP contribution in [-0.4, -0.2) is 41.9 Å². The van der Waals surface area contributed by atoms with Gasteiger partial charge in [0.05, 0.1) is 4.92 Å². The van der Waals surface area contributed by atoms with Crippen LogP contribution in [0.2, 0.25) is 0 Å². The third-order valence-electron chi connectivity index (χ3n) is 4.90. The Labute approximate surface area is 157 Å². The molecular formula is C19H23N3O3S. The summed E-state index contributed by atoms with van der Waals surface area (Å²) in [5.74, 6) is 0.486. The molecular weight excluding hydrogens is 350 g/mol. The summed E-state index contributed by atoms with van der Waals surface area (Å²) in [6.45, 7) is 5.16. The number of likely N-dealkylation sites (tertiary alicyclic amines) is 1. The Morgan fingerprint density at radius 1 is 1.35 bits per heavy atom. The van der Waals surface area contributed by atoms with E-state index in [9.17, 15) is 14.9 Å². The monoisotopic (exact) mass is 373 g/mol. The van der Waals surface area contributed by atoms with Crippen LogP contribution in [0.4, 0.5) is 5.69 Å². The fourth-order valence-electron chi connectivity index (χ4n) is 3.40. The van der Waals surface area contributed by atoms with Crippen LogP contribution in [0.3, 0.4) is 0 Å². The maximum absolute atomic E-state index is 12.2. The van der Waals surface area contributed by atoms with E-state index in [1.165, 1.54) is 17.0 Å². The number of nitrogens with one attached hydrogen (secondary N) is 1. The van der Waals surface area contributed by atoms with Crippen LogP contribution >= 0.6 is 11.3 Å². The minimum absolute atomic E-state index is 0.0372. The molecule has 6 nitrogen and oxygen atoms in total. The van der Waals surface area contributed by atoms with Gasteiger partial charge in [0.15, 0.2) is 0 Å². The minimum atomic E-state index is -0.434. The first kappa shape index (κ1) is 18.5. The van der Waals surface area contributed by atoms with Crippen molar-refractivity contribution >= 4 is 22.9 Å². The molecule has 138 valence electrons. The number of rotatable bonds is 6. The number of nitro groups is 1. The summed E-state index contributed by atoms with van der Waals surface area (Å²) in [7, 11) is 0. The summed E-state index contributed by atoms with van der Waals surface area (Å²) in [5, 5.41) is 15.9. The smallest absolute Gasteiger partial charge is 0.272 e. The number of hydrogen-bond acceptors (Lipinski definition) is 5. The number of benzene rings is 1. The summed E-state index contributed by atoms with van der Waals surface area (Å²) in [5.41, 5.74) is 0.998. The molecule has 0 radical (unpaired) electrons. The number of aryl methyl sites for hydroxylation is 1. The standard InChI is InChI=1S/C19H23N3O3S/c1-14-13-16(4-5-17(14)22(24)25)19(23)20-8-11-21-9-6-15(7-10-21)18-3-2-12-26-18/h2-5,12-13,15H,6-11H2,1H3,(H,20,23). The number of hydrogen-bond donors (Lipinski definition) is 1. The highest BCUT2D eigenvalue weighted by molar-refractivity contribution is 7.10. The number of amides is 1. The van der Waals surface area contributed by atoms with Crippen LogP contribution in [0.5, 0.6) is 0 Å². The van der Waals surface area contributed by atoms with Gasteiger partial charge in [0.1, 0.15) is 0 Å². The van der Waals surface area contributed by atoms with Gasteiger partial charge in [0.2, 0.25) is 0 Å². The summed E-state index contributed by atoms with van der Waals surface area (Å²) in [6, 6.07) is 8.80. The molecule has 1 aliphatic heterocycles. The Morgan fingerprint density at radius 3 is 2.73 bits per heavy atom. The summed E-state index contributed by atoms with van der Waals surface area (Å²) < 4.78 is 0. The zero-order valence-corrected chi connectivity index (χ0v) is 15.6. The molecule has 26 heavy (non-hydrogen) atoms. The van der Waals surface area contributed by atoms with Crippen molar-refractivity contribution in [2.75, 3.05) is 26.2 Å². The van der Waals surface area contributed by atoms with Crippen LogP contribution in [0.15, 0.2) is 35.7 Å². The van der Waals surface area contributed by atoms with E-state index < -0.39 is 4.92 Å². The molecule has 0 unspecified atom stereocenters. The molecule has 3 rings (SSSR count). The van der Waals surface area contributed by atoms with Gasteiger partial charge < -0.3 is 10.2 Å². The largest absolute Gasteiger partial charge is 0.351 e. The van der Waals surface area contributed by atoms with E-state index >= 15 is 0 Å². The number of carbonyl (C=O) groups is 1. The maximum atomic E-state index is 12.2. The van der Waals surface area contributed by atoms with Gasteiger partial charge in [-0.25, -0.2) is 0 Å². The van der Waals surface area contributed by atoms with Crippen molar-refractivity contribution in [3.63, 3.8) is 0 Å². The normalized spacial score (nSPS) is 15.7. The second-order valence-electron chi connectivity index (χ2n) is 6.65. The molecule has 1 fully saturated rings. The summed E-state index contributed by atoms with van der Waals surface area (Å²) >= 11 is 1.84. The Morgan fingerprint density at radius 2 is 2.12 bits per heavy atom. The van der Waals surface area contributed by atoms with Gasteiger partial charge in [-0.3, -0.25) is 14.9 Å². The van der Waals surface area contributed by atoms with Crippen molar-refractivity contribution in [2.45, 2.75) is 25.7 Å². The topological polar surface area (TPSA) is 75.5 Å². The van der Waals surface area contributed by atoms with Crippen LogP contribution in [0.1, 0.15) is 39.6 Å². The fourth-order valence-corrected chi connectivity index (χ4v) is 4.30. The van der Waals surface area contributed by atoms with Gasteiger partial charge in [-0.05, 0) is 62.4 Å². The molecule has 1 saturated heterocycles. The van der Waals surface area contributed by atoms with E-state index in [-0.39, 0.29) is 11.6 Å². The molecule has 1 aromatic carbocycles. The van der Waals surface area contributed by atoms with Gasteiger partial charge in [-0.15, -0.1) is 11.3 Å². The van der Waals surface area contributed by atoms with E-state index in [1.807, 2.05) is 11.3 Å². The van der Waals surface area contributed by atoms with E-state index in [2.05, 4.69) is 27.7 Å². The second-order valence-corrected chi connectivity index (χ2v) is 7.62. The quantitative estimate of drug-likeness (QED) is 0.620. The zero-order valence-electron chi connectivity index (χ0n) is 14.8. The lowest BCUT2D eigenvalue weighted by molar-refractivity contribution is -0.385. The highest BCUT2D eigenvalue weighted by Crippen LogP contribution is 2.30. The lowest BCUT2D eigenvalue weighted by Crippen LogP contribution is -2.39. The molecule has 0 bridgehead atoms. The Balaban J connectivity index is 1.43. The summed E-state index contributed by atoms with van der Waals surface area (Å²) in [6.07, 6.45) is 2.33. The molecule has 1 aromatic heterocycles. The first-order valence-electron chi connectivity index (χ1n) is 8.83. The molecule has 0 atom stereocenters. The highest BCUT2D eigenvalue weighted by Gasteiger charge is 2.21.